The predicted octanol–water partition coefficient (Wildman–Crippen LogP) is 3.09. The quantitative estimate of drug-likeness (QED) is 0.829. The molecule has 24 heavy (non-hydrogen) atoms. The molecule has 2 N–H and O–H groups in total. The fourth-order valence-corrected chi connectivity index (χ4v) is 2.93. The van der Waals surface area contributed by atoms with Crippen molar-refractivity contribution in [1.82, 2.24) is 10.4 Å². The molecule has 0 bridgehead atoms. The Balaban J connectivity index is 2.31. The van der Waals surface area contributed by atoms with Crippen LogP contribution < -0.4 is 10.2 Å². The normalized spacial score (nSPS) is 17.6. The van der Waals surface area contributed by atoms with E-state index in [1.807, 2.05) is 13.8 Å². The lowest BCUT2D eigenvalue weighted by Crippen LogP contribution is -2.48. The van der Waals surface area contributed by atoms with E-state index in [0.717, 1.165) is 0 Å². The van der Waals surface area contributed by atoms with Crippen molar-refractivity contribution in [2.75, 3.05) is 7.05 Å². The summed E-state index contributed by atoms with van der Waals surface area (Å²) >= 11 is 12.4. The van der Waals surface area contributed by atoms with Crippen LogP contribution in [0.4, 0.5) is 0 Å². The molecule has 1 heterocycles. The molecule has 0 saturated heterocycles. The van der Waals surface area contributed by atoms with Crippen molar-refractivity contribution in [2.24, 2.45) is 11.8 Å². The van der Waals surface area contributed by atoms with Gasteiger partial charge in [0.25, 0.3) is 0 Å². The average molecular weight is 373 g/mol. The van der Waals surface area contributed by atoms with E-state index in [1.165, 1.54) is 17.1 Å². The first kappa shape index (κ1) is 18.4. The van der Waals surface area contributed by atoms with Gasteiger partial charge in [0.15, 0.2) is 5.75 Å². The molecule has 0 aliphatic carbocycles. The zero-order valence-electron chi connectivity index (χ0n) is 13.5. The number of carboxylic acids is 1. The van der Waals surface area contributed by atoms with Crippen LogP contribution in [0.15, 0.2) is 24.1 Å². The summed E-state index contributed by atoms with van der Waals surface area (Å²) < 4.78 is 5.78. The number of ether oxygens (including phenoxy) is 1. The first-order valence-electron chi connectivity index (χ1n) is 7.32. The number of hydrogen-bond acceptors (Lipinski definition) is 4. The van der Waals surface area contributed by atoms with Crippen LogP contribution in [0.2, 0.25) is 10.0 Å². The molecule has 0 fully saturated rings. The highest BCUT2D eigenvalue weighted by molar-refractivity contribution is 6.37. The molecule has 1 unspecified atom stereocenters. The maximum absolute atomic E-state index is 12.0. The molecule has 130 valence electrons. The van der Waals surface area contributed by atoms with Crippen molar-refractivity contribution in [3.05, 3.63) is 39.7 Å². The zero-order chi connectivity index (χ0) is 18.0. The van der Waals surface area contributed by atoms with Gasteiger partial charge in [0, 0.05) is 7.05 Å². The number of nitrogens with one attached hydrogen (secondary N) is 1. The molecule has 0 aromatic heterocycles. The summed E-state index contributed by atoms with van der Waals surface area (Å²) in [5.41, 5.74) is 3.17. The summed E-state index contributed by atoms with van der Waals surface area (Å²) in [6.45, 7) is 3.87. The molecule has 6 nitrogen and oxygen atoms in total. The number of amides is 1. The molecule has 2 rings (SSSR count). The fraction of sp³-hybridized carbons (Fsp3) is 0.375. The fourth-order valence-electron chi connectivity index (χ4n) is 2.32. The molecule has 0 saturated carbocycles. The Morgan fingerprint density at radius 2 is 1.96 bits per heavy atom. The van der Waals surface area contributed by atoms with Gasteiger partial charge in [0.05, 0.1) is 22.4 Å². The van der Waals surface area contributed by atoms with Crippen LogP contribution in [0.5, 0.6) is 5.75 Å². The van der Waals surface area contributed by atoms with E-state index in [9.17, 15) is 9.59 Å². The van der Waals surface area contributed by atoms with Crippen molar-refractivity contribution < 1.29 is 19.4 Å². The molecular formula is C16H18Cl2N2O4. The minimum atomic E-state index is -0.979. The molecule has 1 aromatic carbocycles. The Morgan fingerprint density at radius 3 is 2.46 bits per heavy atom. The van der Waals surface area contributed by atoms with Crippen LogP contribution in [0.3, 0.4) is 0 Å². The Morgan fingerprint density at radius 1 is 1.38 bits per heavy atom. The third kappa shape index (κ3) is 4.13. The number of nitrogens with zero attached hydrogens (tertiary/aromatic N) is 1. The molecule has 1 aliphatic rings. The van der Waals surface area contributed by atoms with Crippen LogP contribution in [-0.4, -0.2) is 29.0 Å². The van der Waals surface area contributed by atoms with Crippen LogP contribution >= 0.6 is 23.2 Å². The minimum Gasteiger partial charge on any atom is -0.481 e. The minimum absolute atomic E-state index is 0.0983. The lowest BCUT2D eigenvalue weighted by atomic mass is 9.94. The number of aliphatic carboxylic acids is 1. The van der Waals surface area contributed by atoms with Crippen LogP contribution in [0.25, 0.3) is 0 Å². The van der Waals surface area contributed by atoms with Crippen LogP contribution in [-0.2, 0) is 16.0 Å². The van der Waals surface area contributed by atoms with E-state index in [4.69, 9.17) is 33.0 Å². The van der Waals surface area contributed by atoms with Gasteiger partial charge >= 0.3 is 5.97 Å². The van der Waals surface area contributed by atoms with Crippen LogP contribution in [0.1, 0.15) is 19.4 Å². The maximum atomic E-state index is 12.0. The van der Waals surface area contributed by atoms with Crippen molar-refractivity contribution in [3.63, 3.8) is 0 Å². The van der Waals surface area contributed by atoms with Gasteiger partial charge in [-0.3, -0.25) is 20.0 Å². The number of rotatable bonds is 5. The van der Waals surface area contributed by atoms with Crippen molar-refractivity contribution >= 4 is 35.1 Å². The van der Waals surface area contributed by atoms with Gasteiger partial charge in [0.2, 0.25) is 11.8 Å². The van der Waals surface area contributed by atoms with Gasteiger partial charge in [-0.15, -0.1) is 0 Å². The van der Waals surface area contributed by atoms with E-state index in [0.29, 0.717) is 11.4 Å². The highest BCUT2D eigenvalue weighted by Crippen LogP contribution is 2.36. The van der Waals surface area contributed by atoms with Gasteiger partial charge in [-0.25, -0.2) is 0 Å². The molecule has 8 heteroatoms. The largest absolute Gasteiger partial charge is 0.481 e. The number of carbonyl (C=O) groups is 2. The van der Waals surface area contributed by atoms with E-state index in [-0.39, 0.29) is 40.0 Å². The smallest absolute Gasteiger partial charge is 0.307 e. The van der Waals surface area contributed by atoms with E-state index in [1.54, 1.807) is 13.1 Å². The number of carboxylic acid groups (broad SMARTS) is 1. The molecular weight excluding hydrogens is 355 g/mol. The molecule has 0 spiro atoms. The second kappa shape index (κ2) is 7.32. The Bertz CT molecular complexity index is 680. The second-order valence-electron chi connectivity index (χ2n) is 5.87. The zero-order valence-corrected chi connectivity index (χ0v) is 15.0. The predicted molar refractivity (Wildman–Crippen MR) is 90.7 cm³/mol. The third-order valence-corrected chi connectivity index (χ3v) is 4.13. The van der Waals surface area contributed by atoms with Gasteiger partial charge in [-0.05, 0) is 29.7 Å². The SMILES string of the molecule is CC(C)C1C=C(Oc2c(Cl)cc(CC(=O)O)cc2Cl)N(C)NC1=O. The topological polar surface area (TPSA) is 78.9 Å². The number of benzene rings is 1. The summed E-state index contributed by atoms with van der Waals surface area (Å²) in [6.07, 6.45) is 1.52. The highest BCUT2D eigenvalue weighted by Gasteiger charge is 2.29. The second-order valence-corrected chi connectivity index (χ2v) is 6.69. The Hall–Kier alpha value is -1.92. The number of halogens is 2. The van der Waals surface area contributed by atoms with Gasteiger partial charge < -0.3 is 9.84 Å². The van der Waals surface area contributed by atoms with Crippen LogP contribution in [0, 0.1) is 11.8 Å². The average Bonchev–Trinajstić information content (AvgIpc) is 2.43. The van der Waals surface area contributed by atoms with E-state index in [2.05, 4.69) is 5.43 Å². The lowest BCUT2D eigenvalue weighted by Gasteiger charge is -2.31. The van der Waals surface area contributed by atoms with Crippen molar-refractivity contribution in [2.45, 2.75) is 20.3 Å². The Labute approximate surface area is 150 Å². The number of hydrogen-bond donors (Lipinski definition) is 2. The summed E-state index contributed by atoms with van der Waals surface area (Å²) in [6, 6.07) is 3.00. The highest BCUT2D eigenvalue weighted by atomic mass is 35.5. The molecule has 1 aliphatic heterocycles. The Kier molecular flexibility index (Phi) is 5.62. The summed E-state index contributed by atoms with van der Waals surface area (Å²) in [7, 11) is 1.64. The van der Waals surface area contributed by atoms with Gasteiger partial charge in [-0.1, -0.05) is 37.0 Å². The summed E-state index contributed by atoms with van der Waals surface area (Å²) in [4.78, 5) is 22.8. The van der Waals surface area contributed by atoms with Crippen molar-refractivity contribution in [3.8, 4) is 5.75 Å². The van der Waals surface area contributed by atoms with E-state index >= 15 is 0 Å². The molecule has 1 amide bonds. The molecule has 1 atom stereocenters. The first-order chi connectivity index (χ1) is 11.2. The summed E-state index contributed by atoms with van der Waals surface area (Å²) in [5, 5.41) is 10.7. The summed E-state index contributed by atoms with van der Waals surface area (Å²) in [5.74, 6) is -0.726. The standard InChI is InChI=1S/C16H18Cl2N2O4/c1-8(2)10-7-13(20(3)19-16(10)23)24-15-11(17)4-9(5-12(15)18)6-14(21)22/h4-5,7-8,10H,6H2,1-3H3,(H,19,23)(H,21,22). The maximum Gasteiger partial charge on any atom is 0.307 e. The lowest BCUT2D eigenvalue weighted by molar-refractivity contribution is -0.136. The van der Waals surface area contributed by atoms with Gasteiger partial charge in [0.1, 0.15) is 0 Å². The third-order valence-electron chi connectivity index (χ3n) is 3.57. The molecule has 1 aromatic rings. The number of carbonyl (C=O) groups excluding carboxylic acids is 1. The monoisotopic (exact) mass is 372 g/mol. The van der Waals surface area contributed by atoms with Crippen molar-refractivity contribution in [1.29, 1.82) is 0 Å². The number of hydrazine groups is 1. The van der Waals surface area contributed by atoms with Gasteiger partial charge in [-0.2, -0.15) is 0 Å². The first-order valence-corrected chi connectivity index (χ1v) is 8.08. The molecule has 0 radical (unpaired) electrons. The van der Waals surface area contributed by atoms with E-state index < -0.39 is 5.97 Å².